The van der Waals surface area contributed by atoms with Crippen molar-refractivity contribution in [2.45, 2.75) is 19.9 Å². The minimum atomic E-state index is -0.340. The monoisotopic (exact) mass is 333 g/mol. The largest absolute Gasteiger partial charge is 0.337 e. The average molecular weight is 333 g/mol. The second-order valence-electron chi connectivity index (χ2n) is 5.80. The SMILES string of the molecule is CCc1ccc(-c2noc(CN3C(=O)c4ccccc4C3=O)n2)cc1. The van der Waals surface area contributed by atoms with E-state index in [9.17, 15) is 9.59 Å². The van der Waals surface area contributed by atoms with Crippen molar-refractivity contribution < 1.29 is 14.1 Å². The van der Waals surface area contributed by atoms with Gasteiger partial charge in [0, 0.05) is 5.56 Å². The topological polar surface area (TPSA) is 76.3 Å². The van der Waals surface area contributed by atoms with Gasteiger partial charge in [0.25, 0.3) is 11.8 Å². The number of hydrogen-bond donors (Lipinski definition) is 0. The highest BCUT2D eigenvalue weighted by atomic mass is 16.5. The molecule has 25 heavy (non-hydrogen) atoms. The van der Waals surface area contributed by atoms with Crippen molar-refractivity contribution in [3.8, 4) is 11.4 Å². The van der Waals surface area contributed by atoms with Gasteiger partial charge in [0.2, 0.25) is 11.7 Å². The second kappa shape index (κ2) is 5.98. The first-order valence-corrected chi connectivity index (χ1v) is 8.04. The van der Waals surface area contributed by atoms with Crippen LogP contribution in [0.2, 0.25) is 0 Å². The Hall–Kier alpha value is -3.28. The molecule has 2 heterocycles. The number of aryl methyl sites for hydroxylation is 1. The summed E-state index contributed by atoms with van der Waals surface area (Å²) >= 11 is 0. The summed E-state index contributed by atoms with van der Waals surface area (Å²) in [5.41, 5.74) is 2.86. The zero-order valence-electron chi connectivity index (χ0n) is 13.6. The third-order valence-electron chi connectivity index (χ3n) is 4.26. The highest BCUT2D eigenvalue weighted by molar-refractivity contribution is 6.21. The Balaban J connectivity index is 1.56. The first kappa shape index (κ1) is 15.3. The summed E-state index contributed by atoms with van der Waals surface area (Å²) in [6, 6.07) is 14.6. The molecular weight excluding hydrogens is 318 g/mol. The predicted octanol–water partition coefficient (Wildman–Crippen LogP) is 3.10. The van der Waals surface area contributed by atoms with Gasteiger partial charge in [-0.1, -0.05) is 48.5 Å². The second-order valence-corrected chi connectivity index (χ2v) is 5.80. The lowest BCUT2D eigenvalue weighted by Gasteiger charge is -2.09. The van der Waals surface area contributed by atoms with Gasteiger partial charge in [-0.3, -0.25) is 14.5 Å². The van der Waals surface area contributed by atoms with E-state index >= 15 is 0 Å². The summed E-state index contributed by atoms with van der Waals surface area (Å²) in [6.45, 7) is 2.05. The number of carbonyl (C=O) groups is 2. The third kappa shape index (κ3) is 2.61. The molecule has 0 saturated carbocycles. The van der Waals surface area contributed by atoms with Crippen LogP contribution in [0.4, 0.5) is 0 Å². The Morgan fingerprint density at radius 2 is 1.60 bits per heavy atom. The van der Waals surface area contributed by atoms with E-state index in [1.54, 1.807) is 24.3 Å². The van der Waals surface area contributed by atoms with Crippen molar-refractivity contribution in [3.63, 3.8) is 0 Å². The molecule has 1 aromatic heterocycles. The number of fused-ring (bicyclic) bond motifs is 1. The van der Waals surface area contributed by atoms with Gasteiger partial charge in [-0.25, -0.2) is 0 Å². The fourth-order valence-corrected chi connectivity index (χ4v) is 2.84. The minimum absolute atomic E-state index is 0.0353. The van der Waals surface area contributed by atoms with E-state index in [1.807, 2.05) is 24.3 Å². The minimum Gasteiger partial charge on any atom is -0.337 e. The number of nitrogens with zero attached hydrogens (tertiary/aromatic N) is 3. The molecule has 6 nitrogen and oxygen atoms in total. The standard InChI is InChI=1S/C19H15N3O3/c1-2-12-7-9-13(10-8-12)17-20-16(25-21-17)11-22-18(23)14-5-3-4-6-15(14)19(22)24/h3-10H,2,11H2,1H3. The van der Waals surface area contributed by atoms with Crippen molar-refractivity contribution in [1.29, 1.82) is 0 Å². The molecule has 4 rings (SSSR count). The van der Waals surface area contributed by atoms with Crippen LogP contribution in [0.3, 0.4) is 0 Å². The molecule has 6 heteroatoms. The summed E-state index contributed by atoms with van der Waals surface area (Å²) in [6.07, 6.45) is 0.956. The summed E-state index contributed by atoms with van der Waals surface area (Å²) in [5, 5.41) is 3.95. The van der Waals surface area contributed by atoms with E-state index < -0.39 is 0 Å². The van der Waals surface area contributed by atoms with Crippen LogP contribution >= 0.6 is 0 Å². The number of imide groups is 1. The number of rotatable bonds is 4. The van der Waals surface area contributed by atoms with Gasteiger partial charge in [-0.15, -0.1) is 0 Å². The molecule has 0 atom stereocenters. The summed E-state index contributed by atoms with van der Waals surface area (Å²) in [4.78, 5) is 30.2. The van der Waals surface area contributed by atoms with Crippen molar-refractivity contribution in [1.82, 2.24) is 15.0 Å². The molecule has 0 saturated heterocycles. The number of carbonyl (C=O) groups excluding carboxylic acids is 2. The number of amides is 2. The van der Waals surface area contributed by atoms with E-state index in [2.05, 4.69) is 17.1 Å². The van der Waals surface area contributed by atoms with Crippen LogP contribution in [0, 0.1) is 0 Å². The average Bonchev–Trinajstić information content (AvgIpc) is 3.22. The Bertz CT molecular complexity index is 925. The zero-order chi connectivity index (χ0) is 17.4. The molecule has 3 aromatic rings. The normalized spacial score (nSPS) is 13.4. The van der Waals surface area contributed by atoms with Crippen LogP contribution in [0.5, 0.6) is 0 Å². The maximum Gasteiger partial charge on any atom is 0.262 e. The molecule has 0 radical (unpaired) electrons. The van der Waals surface area contributed by atoms with Gasteiger partial charge >= 0.3 is 0 Å². The maximum absolute atomic E-state index is 12.4. The van der Waals surface area contributed by atoms with Crippen LogP contribution in [-0.2, 0) is 13.0 Å². The molecule has 0 spiro atoms. The molecule has 0 unspecified atom stereocenters. The quantitative estimate of drug-likeness (QED) is 0.686. The van der Waals surface area contributed by atoms with Crippen LogP contribution in [0.1, 0.15) is 39.1 Å². The highest BCUT2D eigenvalue weighted by Crippen LogP contribution is 2.24. The molecule has 2 aromatic carbocycles. The van der Waals surface area contributed by atoms with Crippen molar-refractivity contribution in [3.05, 3.63) is 71.1 Å². The van der Waals surface area contributed by atoms with Gasteiger partial charge in [-0.2, -0.15) is 4.98 Å². The molecule has 124 valence electrons. The third-order valence-corrected chi connectivity index (χ3v) is 4.26. The van der Waals surface area contributed by atoms with Crippen molar-refractivity contribution in [2.24, 2.45) is 0 Å². The Labute approximate surface area is 144 Å². The highest BCUT2D eigenvalue weighted by Gasteiger charge is 2.36. The van der Waals surface area contributed by atoms with E-state index in [4.69, 9.17) is 4.52 Å². The van der Waals surface area contributed by atoms with Gasteiger partial charge in [0.15, 0.2) is 0 Å². The lowest BCUT2D eigenvalue weighted by molar-refractivity contribution is 0.0625. The maximum atomic E-state index is 12.4. The van der Waals surface area contributed by atoms with Gasteiger partial charge in [-0.05, 0) is 24.1 Å². The van der Waals surface area contributed by atoms with Crippen LogP contribution in [0.15, 0.2) is 53.1 Å². The number of aromatic nitrogens is 2. The van der Waals surface area contributed by atoms with Crippen LogP contribution in [0.25, 0.3) is 11.4 Å². The zero-order valence-corrected chi connectivity index (χ0v) is 13.6. The van der Waals surface area contributed by atoms with Crippen molar-refractivity contribution >= 4 is 11.8 Å². The fraction of sp³-hybridized carbons (Fsp3) is 0.158. The Morgan fingerprint density at radius 3 is 2.20 bits per heavy atom. The van der Waals surface area contributed by atoms with Crippen molar-refractivity contribution in [2.75, 3.05) is 0 Å². The van der Waals surface area contributed by atoms with Crippen LogP contribution in [-0.4, -0.2) is 26.9 Å². The summed E-state index contributed by atoms with van der Waals surface area (Å²) < 4.78 is 5.23. The summed E-state index contributed by atoms with van der Waals surface area (Å²) in [7, 11) is 0. The van der Waals surface area contributed by atoms with Gasteiger partial charge in [0.05, 0.1) is 11.1 Å². The molecule has 1 aliphatic rings. The van der Waals surface area contributed by atoms with E-state index in [1.165, 1.54) is 5.56 Å². The van der Waals surface area contributed by atoms with E-state index in [-0.39, 0.29) is 24.2 Å². The number of hydrogen-bond acceptors (Lipinski definition) is 5. The van der Waals surface area contributed by atoms with E-state index in [0.29, 0.717) is 17.0 Å². The predicted molar refractivity (Wildman–Crippen MR) is 89.8 cm³/mol. The lowest BCUT2D eigenvalue weighted by atomic mass is 10.1. The first-order valence-electron chi connectivity index (χ1n) is 8.04. The van der Waals surface area contributed by atoms with Crippen LogP contribution < -0.4 is 0 Å². The Kier molecular flexibility index (Phi) is 3.65. The first-order chi connectivity index (χ1) is 12.2. The molecule has 0 aliphatic carbocycles. The Morgan fingerprint density at radius 1 is 0.960 bits per heavy atom. The lowest BCUT2D eigenvalue weighted by Crippen LogP contribution is -2.29. The summed E-state index contributed by atoms with van der Waals surface area (Å²) in [5.74, 6) is -0.0152. The smallest absolute Gasteiger partial charge is 0.262 e. The number of benzene rings is 2. The molecule has 1 aliphatic heterocycles. The molecule has 0 bridgehead atoms. The fourth-order valence-electron chi connectivity index (χ4n) is 2.84. The molecule has 0 fully saturated rings. The van der Waals surface area contributed by atoms with E-state index in [0.717, 1.165) is 16.9 Å². The van der Waals surface area contributed by atoms with Gasteiger partial charge < -0.3 is 4.52 Å². The molecular formula is C19H15N3O3. The molecule has 2 amide bonds. The van der Waals surface area contributed by atoms with Gasteiger partial charge in [0.1, 0.15) is 6.54 Å². The molecule has 0 N–H and O–H groups in total.